The Morgan fingerprint density at radius 1 is 1.33 bits per heavy atom. The fraction of sp³-hybridized carbons (Fsp3) is 0.417. The van der Waals surface area contributed by atoms with Gasteiger partial charge in [-0.25, -0.2) is 8.42 Å². The molecule has 0 heterocycles. The fourth-order valence-corrected chi connectivity index (χ4v) is 2.70. The molecule has 0 aliphatic carbocycles. The average molecular weight is 271 g/mol. The van der Waals surface area contributed by atoms with Gasteiger partial charge in [-0.15, -0.1) is 0 Å². The van der Waals surface area contributed by atoms with Crippen LogP contribution in [0.4, 0.5) is 5.69 Å². The molecule has 0 unspecified atom stereocenters. The zero-order valence-corrected chi connectivity index (χ0v) is 11.3. The summed E-state index contributed by atoms with van der Waals surface area (Å²) in [5, 5.41) is 8.59. The summed E-state index contributed by atoms with van der Waals surface area (Å²) < 4.78 is 24.7. The molecule has 0 spiro atoms. The smallest absolute Gasteiger partial charge is 0.303 e. The van der Waals surface area contributed by atoms with Crippen molar-refractivity contribution in [3.63, 3.8) is 0 Å². The van der Waals surface area contributed by atoms with Crippen molar-refractivity contribution in [1.29, 1.82) is 0 Å². The number of aryl methyl sites for hydroxylation is 1. The molecular weight excluding hydrogens is 254 g/mol. The van der Waals surface area contributed by atoms with Gasteiger partial charge < -0.3 is 5.11 Å². The molecule has 0 amide bonds. The summed E-state index contributed by atoms with van der Waals surface area (Å²) in [6, 6.07) is 7.14. The molecule has 0 saturated carbocycles. The first-order chi connectivity index (χ1) is 8.32. The average Bonchev–Trinajstić information content (AvgIpc) is 2.24. The highest BCUT2D eigenvalue weighted by molar-refractivity contribution is 7.92. The van der Waals surface area contributed by atoms with Gasteiger partial charge in [0.05, 0.1) is 11.9 Å². The summed E-state index contributed by atoms with van der Waals surface area (Å²) in [6.45, 7) is 2.00. The maximum absolute atomic E-state index is 11.7. The fourth-order valence-electron chi connectivity index (χ4n) is 1.68. The molecule has 1 N–H and O–H groups in total. The lowest BCUT2D eigenvalue weighted by Crippen LogP contribution is -2.31. The minimum atomic E-state index is -3.40. The lowest BCUT2D eigenvalue weighted by molar-refractivity contribution is -0.137. The Morgan fingerprint density at radius 2 is 1.94 bits per heavy atom. The number of anilines is 1. The highest BCUT2D eigenvalue weighted by atomic mass is 32.2. The van der Waals surface area contributed by atoms with Crippen molar-refractivity contribution >= 4 is 21.7 Å². The van der Waals surface area contributed by atoms with E-state index in [0.29, 0.717) is 5.69 Å². The largest absolute Gasteiger partial charge is 0.481 e. The van der Waals surface area contributed by atoms with E-state index in [1.807, 2.05) is 19.1 Å². The van der Waals surface area contributed by atoms with E-state index in [1.165, 1.54) is 4.31 Å². The van der Waals surface area contributed by atoms with Crippen LogP contribution in [0.15, 0.2) is 24.3 Å². The predicted molar refractivity (Wildman–Crippen MR) is 70.2 cm³/mol. The molecule has 1 aromatic carbocycles. The van der Waals surface area contributed by atoms with Crippen molar-refractivity contribution in [3.05, 3.63) is 29.8 Å². The summed E-state index contributed by atoms with van der Waals surface area (Å²) in [7, 11) is -3.40. The molecule has 0 aromatic heterocycles. The van der Waals surface area contributed by atoms with Crippen LogP contribution in [0.1, 0.15) is 18.4 Å². The van der Waals surface area contributed by atoms with Crippen molar-refractivity contribution in [1.82, 2.24) is 0 Å². The van der Waals surface area contributed by atoms with E-state index in [1.54, 1.807) is 12.1 Å². The SMILES string of the molecule is Cc1ccccc1N(CCCC(=O)O)S(C)(=O)=O. The van der Waals surface area contributed by atoms with Gasteiger partial charge in [0.25, 0.3) is 0 Å². The van der Waals surface area contributed by atoms with Gasteiger partial charge in [0.15, 0.2) is 0 Å². The highest BCUT2D eigenvalue weighted by Gasteiger charge is 2.18. The monoisotopic (exact) mass is 271 g/mol. The van der Waals surface area contributed by atoms with E-state index < -0.39 is 16.0 Å². The van der Waals surface area contributed by atoms with Gasteiger partial charge in [0.2, 0.25) is 10.0 Å². The number of rotatable bonds is 6. The Morgan fingerprint density at radius 3 is 2.44 bits per heavy atom. The van der Waals surface area contributed by atoms with Gasteiger partial charge in [-0.3, -0.25) is 9.10 Å². The minimum Gasteiger partial charge on any atom is -0.481 e. The minimum absolute atomic E-state index is 0.0437. The van der Waals surface area contributed by atoms with Crippen LogP contribution in [0.3, 0.4) is 0 Å². The van der Waals surface area contributed by atoms with E-state index in [-0.39, 0.29) is 19.4 Å². The second-order valence-corrected chi connectivity index (χ2v) is 6.03. The third-order valence-electron chi connectivity index (χ3n) is 2.54. The van der Waals surface area contributed by atoms with Crippen LogP contribution >= 0.6 is 0 Å². The summed E-state index contributed by atoms with van der Waals surface area (Å²) >= 11 is 0. The zero-order chi connectivity index (χ0) is 13.8. The van der Waals surface area contributed by atoms with E-state index in [2.05, 4.69) is 0 Å². The third-order valence-corrected chi connectivity index (χ3v) is 3.72. The number of nitrogens with zero attached hydrogens (tertiary/aromatic N) is 1. The summed E-state index contributed by atoms with van der Waals surface area (Å²) in [6.07, 6.45) is 1.37. The maximum atomic E-state index is 11.7. The number of sulfonamides is 1. The van der Waals surface area contributed by atoms with Crippen molar-refractivity contribution in [2.24, 2.45) is 0 Å². The topological polar surface area (TPSA) is 74.7 Å². The van der Waals surface area contributed by atoms with Crippen LogP contribution in [0.2, 0.25) is 0 Å². The Balaban J connectivity index is 2.94. The molecule has 0 bridgehead atoms. The number of benzene rings is 1. The van der Waals surface area contributed by atoms with Gasteiger partial charge in [-0.1, -0.05) is 18.2 Å². The molecule has 100 valence electrons. The quantitative estimate of drug-likeness (QED) is 0.853. The molecule has 1 rings (SSSR count). The van der Waals surface area contributed by atoms with Crippen molar-refractivity contribution in [2.45, 2.75) is 19.8 Å². The van der Waals surface area contributed by atoms with Gasteiger partial charge >= 0.3 is 5.97 Å². The molecule has 1 aromatic rings. The number of carboxylic acid groups (broad SMARTS) is 1. The first-order valence-electron chi connectivity index (χ1n) is 5.57. The van der Waals surface area contributed by atoms with Crippen molar-refractivity contribution in [3.8, 4) is 0 Å². The van der Waals surface area contributed by atoms with Crippen molar-refractivity contribution in [2.75, 3.05) is 17.1 Å². The number of para-hydroxylation sites is 1. The molecule has 0 atom stereocenters. The van der Waals surface area contributed by atoms with Crippen LogP contribution in [-0.4, -0.2) is 32.3 Å². The molecule has 0 saturated heterocycles. The molecule has 0 fully saturated rings. The van der Waals surface area contributed by atoms with Crippen LogP contribution in [0.25, 0.3) is 0 Å². The predicted octanol–water partition coefficient (Wildman–Crippen LogP) is 1.63. The standard InChI is InChI=1S/C12H17NO4S/c1-10-6-3-4-7-11(10)13(18(2,16)17)9-5-8-12(14)15/h3-4,6-7H,5,8-9H2,1-2H3,(H,14,15). The summed E-state index contributed by atoms with van der Waals surface area (Å²) in [4.78, 5) is 10.5. The molecule has 5 nitrogen and oxygen atoms in total. The zero-order valence-electron chi connectivity index (χ0n) is 10.5. The van der Waals surface area contributed by atoms with Crippen LogP contribution in [-0.2, 0) is 14.8 Å². The van der Waals surface area contributed by atoms with Gasteiger partial charge in [-0.05, 0) is 25.0 Å². The lowest BCUT2D eigenvalue weighted by Gasteiger charge is -2.23. The first kappa shape index (κ1) is 14.5. The van der Waals surface area contributed by atoms with Crippen LogP contribution < -0.4 is 4.31 Å². The number of aliphatic carboxylic acids is 1. The normalized spacial score (nSPS) is 11.2. The molecule has 0 radical (unpaired) electrons. The molecular formula is C12H17NO4S. The van der Waals surface area contributed by atoms with Gasteiger partial charge in [0, 0.05) is 13.0 Å². The molecule has 0 aliphatic heterocycles. The summed E-state index contributed by atoms with van der Waals surface area (Å²) in [5.41, 5.74) is 1.45. The first-order valence-corrected chi connectivity index (χ1v) is 7.42. The molecule has 6 heteroatoms. The molecule has 0 aliphatic rings. The number of carboxylic acids is 1. The Labute approximate surface area is 107 Å². The van der Waals surface area contributed by atoms with Crippen molar-refractivity contribution < 1.29 is 18.3 Å². The van der Waals surface area contributed by atoms with Gasteiger partial charge in [0.1, 0.15) is 0 Å². The van der Waals surface area contributed by atoms with E-state index in [0.717, 1.165) is 11.8 Å². The second-order valence-electron chi connectivity index (χ2n) is 4.12. The Hall–Kier alpha value is -1.56. The maximum Gasteiger partial charge on any atom is 0.303 e. The summed E-state index contributed by atoms with van der Waals surface area (Å²) in [5.74, 6) is -0.923. The van der Waals surface area contributed by atoms with E-state index >= 15 is 0 Å². The van der Waals surface area contributed by atoms with E-state index in [4.69, 9.17) is 5.11 Å². The second kappa shape index (κ2) is 5.86. The lowest BCUT2D eigenvalue weighted by atomic mass is 10.2. The van der Waals surface area contributed by atoms with E-state index in [9.17, 15) is 13.2 Å². The number of carbonyl (C=O) groups is 1. The van der Waals surface area contributed by atoms with Crippen LogP contribution in [0, 0.1) is 6.92 Å². The molecule has 18 heavy (non-hydrogen) atoms. The Bertz CT molecular complexity index is 525. The Kier molecular flexibility index (Phi) is 4.72. The highest BCUT2D eigenvalue weighted by Crippen LogP contribution is 2.22. The van der Waals surface area contributed by atoms with Gasteiger partial charge in [-0.2, -0.15) is 0 Å². The number of hydrogen-bond donors (Lipinski definition) is 1. The van der Waals surface area contributed by atoms with Crippen LogP contribution in [0.5, 0.6) is 0 Å². The third kappa shape index (κ3) is 4.03. The number of hydrogen-bond acceptors (Lipinski definition) is 3.